The van der Waals surface area contributed by atoms with Gasteiger partial charge in [-0.15, -0.1) is 0 Å². The van der Waals surface area contributed by atoms with Gasteiger partial charge < -0.3 is 5.32 Å². The Hall–Kier alpha value is -0.0400. The summed E-state index contributed by atoms with van der Waals surface area (Å²) in [7, 11) is 0. The number of hydrogen-bond acceptors (Lipinski definition) is 1. The maximum Gasteiger partial charge on any atom is 0.000284 e. The highest BCUT2D eigenvalue weighted by molar-refractivity contribution is 4.90. The second-order valence-electron chi connectivity index (χ2n) is 6.45. The van der Waals surface area contributed by atoms with E-state index in [0.717, 1.165) is 5.92 Å². The standard InChI is InChI=1S/C13H27N/c1-6-7-11-8-14-10-12(2,3)9-13(11,4)5/h11,14H,6-10H2,1-5H3. The molecule has 0 saturated carbocycles. The molecule has 0 radical (unpaired) electrons. The average Bonchev–Trinajstić information content (AvgIpc) is 2.08. The summed E-state index contributed by atoms with van der Waals surface area (Å²) in [6.45, 7) is 14.4. The van der Waals surface area contributed by atoms with Crippen LogP contribution in [0.25, 0.3) is 0 Å². The number of rotatable bonds is 2. The molecule has 0 aromatic rings. The van der Waals surface area contributed by atoms with Gasteiger partial charge in [0.1, 0.15) is 0 Å². The van der Waals surface area contributed by atoms with Gasteiger partial charge in [0.15, 0.2) is 0 Å². The predicted octanol–water partition coefficient (Wildman–Crippen LogP) is 3.45. The Labute approximate surface area is 89.7 Å². The maximum absolute atomic E-state index is 3.63. The molecule has 1 rings (SSSR count). The van der Waals surface area contributed by atoms with Gasteiger partial charge in [-0.2, -0.15) is 0 Å². The van der Waals surface area contributed by atoms with E-state index in [9.17, 15) is 0 Å². The van der Waals surface area contributed by atoms with Gasteiger partial charge in [-0.1, -0.05) is 41.0 Å². The van der Waals surface area contributed by atoms with Crippen molar-refractivity contribution in [3.8, 4) is 0 Å². The molecule has 1 heteroatoms. The molecule has 1 atom stereocenters. The quantitative estimate of drug-likeness (QED) is 0.715. The summed E-state index contributed by atoms with van der Waals surface area (Å²) in [6.07, 6.45) is 4.03. The maximum atomic E-state index is 3.63. The summed E-state index contributed by atoms with van der Waals surface area (Å²) in [5.74, 6) is 0.856. The van der Waals surface area contributed by atoms with E-state index in [0.29, 0.717) is 10.8 Å². The molecule has 0 amide bonds. The van der Waals surface area contributed by atoms with Crippen molar-refractivity contribution < 1.29 is 0 Å². The van der Waals surface area contributed by atoms with Crippen LogP contribution in [-0.4, -0.2) is 13.1 Å². The molecule has 0 aliphatic carbocycles. The first-order valence-corrected chi connectivity index (χ1v) is 6.08. The van der Waals surface area contributed by atoms with Crippen LogP contribution >= 0.6 is 0 Å². The fourth-order valence-electron chi connectivity index (χ4n) is 3.14. The SMILES string of the molecule is CCCC1CNCC(C)(C)CC1(C)C. The zero-order chi connectivity index (χ0) is 10.8. The highest BCUT2D eigenvalue weighted by Gasteiger charge is 2.37. The molecule has 1 aliphatic heterocycles. The summed E-state index contributed by atoms with van der Waals surface area (Å²) in [5, 5.41) is 3.63. The summed E-state index contributed by atoms with van der Waals surface area (Å²) >= 11 is 0. The van der Waals surface area contributed by atoms with Crippen LogP contribution in [0.5, 0.6) is 0 Å². The Bertz CT molecular complexity index is 182. The minimum Gasteiger partial charge on any atom is -0.316 e. The smallest absolute Gasteiger partial charge is 0.000284 e. The lowest BCUT2D eigenvalue weighted by molar-refractivity contribution is 0.145. The van der Waals surface area contributed by atoms with Gasteiger partial charge in [-0.05, 0) is 36.1 Å². The third-order valence-electron chi connectivity index (χ3n) is 3.67. The molecule has 0 aromatic heterocycles. The van der Waals surface area contributed by atoms with E-state index in [-0.39, 0.29) is 0 Å². The monoisotopic (exact) mass is 197 g/mol. The largest absolute Gasteiger partial charge is 0.316 e. The summed E-state index contributed by atoms with van der Waals surface area (Å²) in [4.78, 5) is 0. The van der Waals surface area contributed by atoms with E-state index < -0.39 is 0 Å². The van der Waals surface area contributed by atoms with Gasteiger partial charge in [0, 0.05) is 6.54 Å². The summed E-state index contributed by atoms with van der Waals surface area (Å²) in [6, 6.07) is 0. The van der Waals surface area contributed by atoms with E-state index in [4.69, 9.17) is 0 Å². The average molecular weight is 197 g/mol. The summed E-state index contributed by atoms with van der Waals surface area (Å²) < 4.78 is 0. The zero-order valence-electron chi connectivity index (χ0n) is 10.6. The molecule has 1 fully saturated rings. The van der Waals surface area contributed by atoms with Crippen LogP contribution < -0.4 is 5.32 Å². The van der Waals surface area contributed by atoms with Crippen LogP contribution in [0.1, 0.15) is 53.9 Å². The molecule has 1 unspecified atom stereocenters. The van der Waals surface area contributed by atoms with E-state index >= 15 is 0 Å². The number of hydrogen-bond donors (Lipinski definition) is 1. The molecule has 84 valence electrons. The second kappa shape index (κ2) is 4.22. The minimum absolute atomic E-state index is 0.464. The highest BCUT2D eigenvalue weighted by atomic mass is 14.9. The van der Waals surface area contributed by atoms with E-state index in [1.165, 1.54) is 32.4 Å². The van der Waals surface area contributed by atoms with E-state index in [1.807, 2.05) is 0 Å². The van der Waals surface area contributed by atoms with Crippen LogP contribution in [-0.2, 0) is 0 Å². The van der Waals surface area contributed by atoms with Crippen molar-refractivity contribution in [2.24, 2.45) is 16.7 Å². The molecule has 0 aromatic carbocycles. The molecular weight excluding hydrogens is 170 g/mol. The minimum atomic E-state index is 0.464. The molecule has 1 saturated heterocycles. The zero-order valence-corrected chi connectivity index (χ0v) is 10.6. The first-order valence-electron chi connectivity index (χ1n) is 6.08. The molecule has 0 bridgehead atoms. The third kappa shape index (κ3) is 2.98. The van der Waals surface area contributed by atoms with Crippen LogP contribution in [0.4, 0.5) is 0 Å². The van der Waals surface area contributed by atoms with Gasteiger partial charge in [0.2, 0.25) is 0 Å². The fraction of sp³-hybridized carbons (Fsp3) is 1.00. The van der Waals surface area contributed by atoms with Gasteiger partial charge in [-0.3, -0.25) is 0 Å². The van der Waals surface area contributed by atoms with Crippen molar-refractivity contribution in [1.29, 1.82) is 0 Å². The van der Waals surface area contributed by atoms with Crippen LogP contribution in [0.15, 0.2) is 0 Å². The van der Waals surface area contributed by atoms with Crippen molar-refractivity contribution in [2.45, 2.75) is 53.9 Å². The Balaban J connectivity index is 2.71. The molecule has 1 nitrogen and oxygen atoms in total. The van der Waals surface area contributed by atoms with E-state index in [1.54, 1.807) is 0 Å². The fourth-order valence-corrected chi connectivity index (χ4v) is 3.14. The van der Waals surface area contributed by atoms with Crippen molar-refractivity contribution in [3.63, 3.8) is 0 Å². The van der Waals surface area contributed by atoms with Gasteiger partial charge in [0.25, 0.3) is 0 Å². The van der Waals surface area contributed by atoms with Crippen molar-refractivity contribution >= 4 is 0 Å². The predicted molar refractivity (Wildman–Crippen MR) is 63.4 cm³/mol. The Morgan fingerprint density at radius 2 is 1.86 bits per heavy atom. The molecule has 1 heterocycles. The third-order valence-corrected chi connectivity index (χ3v) is 3.67. The topological polar surface area (TPSA) is 12.0 Å². The normalized spacial score (nSPS) is 31.1. The Kier molecular flexibility index (Phi) is 3.63. The van der Waals surface area contributed by atoms with Crippen molar-refractivity contribution in [3.05, 3.63) is 0 Å². The van der Waals surface area contributed by atoms with Crippen LogP contribution in [0.2, 0.25) is 0 Å². The summed E-state index contributed by atoms with van der Waals surface area (Å²) in [5.41, 5.74) is 0.967. The first kappa shape index (κ1) is 12.0. The molecule has 0 spiro atoms. The van der Waals surface area contributed by atoms with Gasteiger partial charge >= 0.3 is 0 Å². The van der Waals surface area contributed by atoms with Gasteiger partial charge in [-0.25, -0.2) is 0 Å². The van der Waals surface area contributed by atoms with Crippen molar-refractivity contribution in [2.75, 3.05) is 13.1 Å². The molecule has 14 heavy (non-hydrogen) atoms. The van der Waals surface area contributed by atoms with Gasteiger partial charge in [0.05, 0.1) is 0 Å². The Morgan fingerprint density at radius 3 is 2.43 bits per heavy atom. The highest BCUT2D eigenvalue weighted by Crippen LogP contribution is 2.42. The van der Waals surface area contributed by atoms with Crippen LogP contribution in [0, 0.1) is 16.7 Å². The lowest BCUT2D eigenvalue weighted by atomic mass is 9.68. The van der Waals surface area contributed by atoms with Crippen LogP contribution in [0.3, 0.4) is 0 Å². The second-order valence-corrected chi connectivity index (χ2v) is 6.45. The molecule has 1 N–H and O–H groups in total. The molecular formula is C13H27N. The van der Waals surface area contributed by atoms with Crippen molar-refractivity contribution in [1.82, 2.24) is 5.32 Å². The molecule has 1 aliphatic rings. The number of nitrogens with one attached hydrogen (secondary N) is 1. The lowest BCUT2D eigenvalue weighted by Gasteiger charge is -2.36. The Morgan fingerprint density at radius 1 is 1.21 bits per heavy atom. The van der Waals surface area contributed by atoms with E-state index in [2.05, 4.69) is 39.9 Å². The lowest BCUT2D eigenvalue weighted by Crippen LogP contribution is -2.30. The first-order chi connectivity index (χ1) is 6.37.